The van der Waals surface area contributed by atoms with E-state index in [4.69, 9.17) is 14.6 Å². The highest BCUT2D eigenvalue weighted by molar-refractivity contribution is 7.90. The van der Waals surface area contributed by atoms with E-state index in [-0.39, 0.29) is 43.7 Å². The number of Topliss-reactive ketones (excluding diaryl/α,β-unsaturated/α-hetero) is 1. The standard InChI is InChI=1S/C38H51N7O12S/c1-5-8-27(32(48)35(50)40-20-30(47)42-31(37(52)53)23-11-13-24(14-12-23)44-58(39,54)55)41-34(49)28-19-26-21-45(28)36(51)33(38(2,3)4)43-29(46)18-22-9-6-10-25(17-22)56-15-7-16-57-26/h6,9-14,17,26-28,31,33,44H,5,7-8,15-16,18-21H2,1-4H3,(H,40,50)(H,41,49)(H,42,47)(H,43,46)(H,52,53)(H2,39,54,55)/t26-,27?,28+,31+,33?/m1/s1. The Morgan fingerprint density at radius 1 is 1.03 bits per heavy atom. The van der Waals surface area contributed by atoms with Gasteiger partial charge in [-0.25, -0.2) is 9.93 Å². The number of nitrogens with one attached hydrogen (secondary N) is 5. The zero-order valence-electron chi connectivity index (χ0n) is 32.7. The van der Waals surface area contributed by atoms with Crippen molar-refractivity contribution in [3.8, 4) is 5.75 Å². The van der Waals surface area contributed by atoms with Gasteiger partial charge in [-0.1, -0.05) is 58.4 Å². The van der Waals surface area contributed by atoms with Crippen LogP contribution < -0.4 is 35.9 Å². The Morgan fingerprint density at radius 2 is 1.74 bits per heavy atom. The van der Waals surface area contributed by atoms with Gasteiger partial charge in [-0.2, -0.15) is 8.42 Å². The van der Waals surface area contributed by atoms with E-state index in [2.05, 4.69) is 21.3 Å². The number of carboxylic acids is 1. The smallest absolute Gasteiger partial charge is 0.330 e. The highest BCUT2D eigenvalue weighted by Crippen LogP contribution is 2.28. The first-order valence-electron chi connectivity index (χ1n) is 18.7. The van der Waals surface area contributed by atoms with E-state index in [9.17, 15) is 47.1 Å². The molecular formula is C38H51N7O12S. The van der Waals surface area contributed by atoms with Gasteiger partial charge in [0.2, 0.25) is 29.4 Å². The SMILES string of the molecule is CCCC(NC(=O)[C@@H]1C[C@@H]2CN1C(=O)C(C(C)(C)C)NC(=O)Cc1cccc(c1)OCCCO2)C(=O)C(=O)NCC(=O)N[C@H](C(=O)O)c1ccc(NS(N)(=O)=O)cc1. The molecule has 0 aliphatic carbocycles. The van der Waals surface area contributed by atoms with Crippen LogP contribution in [0.4, 0.5) is 5.69 Å². The Bertz CT molecular complexity index is 1970. The van der Waals surface area contributed by atoms with E-state index in [1.807, 2.05) is 4.72 Å². The second kappa shape index (κ2) is 19.7. The fraction of sp³-hybridized carbons (Fsp3) is 0.500. The summed E-state index contributed by atoms with van der Waals surface area (Å²) in [7, 11) is -4.08. The van der Waals surface area contributed by atoms with Crippen molar-refractivity contribution in [1.29, 1.82) is 0 Å². The second-order valence-electron chi connectivity index (χ2n) is 15.1. The van der Waals surface area contributed by atoms with Gasteiger partial charge in [-0.05, 0) is 47.2 Å². The second-order valence-corrected chi connectivity index (χ2v) is 16.4. The van der Waals surface area contributed by atoms with Crippen molar-refractivity contribution in [2.24, 2.45) is 10.6 Å². The van der Waals surface area contributed by atoms with Crippen molar-refractivity contribution in [1.82, 2.24) is 26.2 Å². The predicted molar refractivity (Wildman–Crippen MR) is 208 cm³/mol. The minimum atomic E-state index is -4.08. The Morgan fingerprint density at radius 3 is 2.38 bits per heavy atom. The Labute approximate surface area is 336 Å². The number of ketones is 1. The molecule has 2 heterocycles. The minimum absolute atomic E-state index is 0.0193. The number of carbonyl (C=O) groups is 7. The summed E-state index contributed by atoms with van der Waals surface area (Å²) < 4.78 is 36.4. The van der Waals surface area contributed by atoms with Gasteiger partial charge in [0.15, 0.2) is 6.04 Å². The zero-order chi connectivity index (χ0) is 42.8. The molecule has 19 nitrogen and oxygen atoms in total. The average Bonchev–Trinajstić information content (AvgIpc) is 3.57. The molecule has 2 aromatic rings. The van der Waals surface area contributed by atoms with Crippen molar-refractivity contribution in [2.75, 3.05) is 31.0 Å². The lowest BCUT2D eigenvalue weighted by atomic mass is 9.85. The van der Waals surface area contributed by atoms with Crippen LogP contribution >= 0.6 is 0 Å². The van der Waals surface area contributed by atoms with Gasteiger partial charge >= 0.3 is 5.97 Å². The van der Waals surface area contributed by atoms with Crippen LogP contribution in [0, 0.1) is 5.41 Å². The lowest BCUT2D eigenvalue weighted by molar-refractivity contribution is -0.145. The Balaban J connectivity index is 1.44. The summed E-state index contributed by atoms with van der Waals surface area (Å²) in [6.07, 6.45) is 0.374. The molecule has 5 amide bonds. The third-order valence-electron chi connectivity index (χ3n) is 9.34. The normalized spacial score (nSPS) is 20.1. The number of anilines is 1. The van der Waals surface area contributed by atoms with E-state index < -0.39 is 93.7 Å². The van der Waals surface area contributed by atoms with Gasteiger partial charge in [0.25, 0.3) is 16.1 Å². The summed E-state index contributed by atoms with van der Waals surface area (Å²) in [6.45, 7) is 6.89. The van der Waals surface area contributed by atoms with Crippen LogP contribution in [0.5, 0.6) is 5.75 Å². The molecule has 2 aromatic carbocycles. The molecule has 316 valence electrons. The molecule has 2 aliphatic rings. The van der Waals surface area contributed by atoms with Crippen LogP contribution in [-0.2, 0) is 54.9 Å². The van der Waals surface area contributed by atoms with E-state index >= 15 is 0 Å². The van der Waals surface area contributed by atoms with Gasteiger partial charge in [0.1, 0.15) is 17.8 Å². The van der Waals surface area contributed by atoms with Crippen molar-refractivity contribution >= 4 is 57.2 Å². The van der Waals surface area contributed by atoms with E-state index in [1.165, 1.54) is 29.2 Å². The Hall–Kier alpha value is -5.60. The molecule has 1 saturated heterocycles. The first-order chi connectivity index (χ1) is 27.2. The maximum atomic E-state index is 14.3. The number of benzene rings is 2. The summed E-state index contributed by atoms with van der Waals surface area (Å²) >= 11 is 0. The third kappa shape index (κ3) is 13.0. The molecule has 2 unspecified atom stereocenters. The highest BCUT2D eigenvalue weighted by atomic mass is 32.2. The Kier molecular flexibility index (Phi) is 15.3. The average molecular weight is 830 g/mol. The van der Waals surface area contributed by atoms with E-state index in [1.54, 1.807) is 52.0 Å². The summed E-state index contributed by atoms with van der Waals surface area (Å²) in [5.41, 5.74) is 0.00763. The summed E-state index contributed by atoms with van der Waals surface area (Å²) in [4.78, 5) is 93.9. The molecule has 0 spiro atoms. The van der Waals surface area contributed by atoms with Gasteiger partial charge in [0.05, 0.1) is 38.3 Å². The van der Waals surface area contributed by atoms with E-state index in [0.29, 0.717) is 30.8 Å². The number of fused-ring (bicyclic) bond motifs is 4. The molecule has 0 radical (unpaired) electrons. The van der Waals surface area contributed by atoms with E-state index in [0.717, 1.165) is 0 Å². The van der Waals surface area contributed by atoms with Crippen molar-refractivity contribution in [2.45, 2.75) is 90.1 Å². The van der Waals surface area contributed by atoms with Gasteiger partial charge in [-0.15, -0.1) is 0 Å². The van der Waals surface area contributed by atoms with Crippen molar-refractivity contribution < 1.29 is 56.6 Å². The number of nitrogens with zero attached hydrogens (tertiary/aromatic N) is 1. The molecule has 5 atom stereocenters. The number of ether oxygens (including phenoxy) is 2. The van der Waals surface area contributed by atoms with Crippen LogP contribution in [0.3, 0.4) is 0 Å². The van der Waals surface area contributed by atoms with Crippen LogP contribution in [0.2, 0.25) is 0 Å². The van der Waals surface area contributed by atoms with Crippen LogP contribution in [-0.4, -0.2) is 110 Å². The minimum Gasteiger partial charge on any atom is -0.493 e. The van der Waals surface area contributed by atoms with Crippen LogP contribution in [0.25, 0.3) is 0 Å². The molecule has 1 fully saturated rings. The highest BCUT2D eigenvalue weighted by Gasteiger charge is 2.46. The molecule has 2 aliphatic heterocycles. The predicted octanol–water partition coefficient (Wildman–Crippen LogP) is 0.0563. The maximum absolute atomic E-state index is 14.3. The summed E-state index contributed by atoms with van der Waals surface area (Å²) in [5.74, 6) is -5.79. The number of aliphatic carboxylic acids is 1. The molecule has 0 saturated carbocycles. The molecule has 4 rings (SSSR count). The molecular weight excluding hydrogens is 779 g/mol. The first kappa shape index (κ1) is 45.1. The lowest BCUT2D eigenvalue weighted by Gasteiger charge is -2.35. The van der Waals surface area contributed by atoms with Gasteiger partial charge in [0, 0.05) is 25.1 Å². The fourth-order valence-electron chi connectivity index (χ4n) is 6.51. The molecule has 0 aromatic heterocycles. The number of carbonyl (C=O) groups excluding carboxylic acids is 6. The summed E-state index contributed by atoms with van der Waals surface area (Å²) in [6, 6.07) is 6.93. The van der Waals surface area contributed by atoms with Crippen LogP contribution in [0.1, 0.15) is 70.5 Å². The van der Waals surface area contributed by atoms with Gasteiger partial charge in [-0.3, -0.25) is 33.5 Å². The third-order valence-corrected chi connectivity index (χ3v) is 9.86. The first-order valence-corrected chi connectivity index (χ1v) is 20.3. The number of hydrogen-bond acceptors (Lipinski definition) is 11. The molecule has 58 heavy (non-hydrogen) atoms. The number of rotatable bonds is 13. The number of amides is 5. The largest absolute Gasteiger partial charge is 0.493 e. The monoisotopic (exact) mass is 829 g/mol. The maximum Gasteiger partial charge on any atom is 0.330 e. The van der Waals surface area contributed by atoms with Crippen LogP contribution in [0.15, 0.2) is 48.5 Å². The number of carboxylic acid groups (broad SMARTS) is 1. The molecule has 8 N–H and O–H groups in total. The zero-order valence-corrected chi connectivity index (χ0v) is 33.6. The van der Waals surface area contributed by atoms with Crippen molar-refractivity contribution in [3.05, 3.63) is 59.7 Å². The summed E-state index contributed by atoms with van der Waals surface area (Å²) in [5, 5.41) is 24.5. The fourth-order valence-corrected chi connectivity index (χ4v) is 6.97. The van der Waals surface area contributed by atoms with Crippen molar-refractivity contribution in [3.63, 3.8) is 0 Å². The topological polar surface area (TPSA) is 282 Å². The quantitative estimate of drug-likeness (QED) is 0.132. The lowest BCUT2D eigenvalue weighted by Crippen LogP contribution is -2.59. The number of nitrogens with two attached hydrogens (primary N) is 1. The molecule has 4 bridgehead atoms. The number of hydrogen-bond donors (Lipinski definition) is 7. The van der Waals surface area contributed by atoms with Gasteiger partial charge < -0.3 is 40.7 Å². The molecule has 20 heteroatoms.